The van der Waals surface area contributed by atoms with Crippen molar-refractivity contribution in [2.45, 2.75) is 49.3 Å². The number of allylic oxidation sites excluding steroid dienone is 4. The van der Waals surface area contributed by atoms with Crippen LogP contribution in [0.3, 0.4) is 0 Å². The molecule has 2 aromatic rings. The highest BCUT2D eigenvalue weighted by atomic mass is 79.9. The van der Waals surface area contributed by atoms with Gasteiger partial charge in [-0.15, -0.1) is 0 Å². The van der Waals surface area contributed by atoms with Gasteiger partial charge in [0.2, 0.25) is 0 Å². The van der Waals surface area contributed by atoms with E-state index in [0.29, 0.717) is 67.8 Å². The Labute approximate surface area is 247 Å². The van der Waals surface area contributed by atoms with Crippen molar-refractivity contribution in [2.24, 2.45) is 0 Å². The highest BCUT2D eigenvalue weighted by Gasteiger charge is 2.45. The van der Waals surface area contributed by atoms with E-state index in [0.717, 1.165) is 0 Å². The van der Waals surface area contributed by atoms with Crippen molar-refractivity contribution in [3.05, 3.63) is 78.5 Å². The van der Waals surface area contributed by atoms with Crippen LogP contribution in [0.25, 0.3) is 0 Å². The Balaban J connectivity index is 1.75. The largest absolute Gasteiger partial charge is 0.480 e. The lowest BCUT2D eigenvalue weighted by molar-refractivity contribution is -0.138. The number of carbonyl (C=O) groups excluding carboxylic acids is 2. The quantitative estimate of drug-likeness (QED) is 0.358. The van der Waals surface area contributed by atoms with Crippen LogP contribution >= 0.6 is 43.5 Å². The highest BCUT2D eigenvalue weighted by molar-refractivity contribution is 9.11. The fourth-order valence-electron chi connectivity index (χ4n) is 5.50. The van der Waals surface area contributed by atoms with E-state index in [2.05, 4.69) is 31.9 Å². The van der Waals surface area contributed by atoms with Crippen LogP contribution in [0, 0.1) is 0 Å². The topological polar surface area (TPSA) is 118 Å². The molecule has 0 unspecified atom stereocenters. The van der Waals surface area contributed by atoms with Gasteiger partial charge in [-0.25, -0.2) is 0 Å². The van der Waals surface area contributed by atoms with Crippen molar-refractivity contribution in [1.29, 1.82) is 0 Å². The van der Waals surface area contributed by atoms with E-state index in [4.69, 9.17) is 15.8 Å². The monoisotopic (exact) mass is 697 g/mol. The zero-order chi connectivity index (χ0) is 28.1. The average Bonchev–Trinajstić information content (AvgIpc) is 2.86. The number of Topliss-reactive ketones (excluding diaryl/α,β-unsaturated/α-hetero) is 2. The lowest BCUT2D eigenvalue weighted by Gasteiger charge is -2.43. The van der Waals surface area contributed by atoms with Crippen LogP contribution in [-0.4, -0.2) is 42.5 Å². The molecule has 3 aliphatic rings. The number of carboxylic acid groups (broad SMARTS) is 1. The number of aliphatic carboxylic acids is 1. The Morgan fingerprint density at radius 1 is 0.974 bits per heavy atom. The predicted molar refractivity (Wildman–Crippen MR) is 150 cm³/mol. The number of rotatable bonds is 6. The van der Waals surface area contributed by atoms with Gasteiger partial charge in [0.15, 0.2) is 17.3 Å². The Bertz CT molecular complexity index is 1540. The Kier molecular flexibility index (Phi) is 7.80. The van der Waals surface area contributed by atoms with Crippen molar-refractivity contribution in [1.82, 2.24) is 4.90 Å². The van der Waals surface area contributed by atoms with Gasteiger partial charge in [0.25, 0.3) is 0 Å². The fourth-order valence-corrected chi connectivity index (χ4v) is 8.04. The van der Waals surface area contributed by atoms with Crippen molar-refractivity contribution in [3.63, 3.8) is 0 Å². The van der Waals surface area contributed by atoms with E-state index in [1.807, 2.05) is 0 Å². The van der Waals surface area contributed by atoms with Gasteiger partial charge in [-0.2, -0.15) is 8.42 Å². The molecule has 0 bridgehead atoms. The van der Waals surface area contributed by atoms with Crippen molar-refractivity contribution >= 4 is 71.1 Å². The minimum absolute atomic E-state index is 0.0553. The van der Waals surface area contributed by atoms with Crippen LogP contribution in [0.2, 0.25) is 5.02 Å². The van der Waals surface area contributed by atoms with Crippen molar-refractivity contribution < 1.29 is 32.1 Å². The molecule has 5 rings (SSSR count). The third-order valence-electron chi connectivity index (χ3n) is 7.02. The molecule has 2 aromatic carbocycles. The molecule has 0 aromatic heterocycles. The second-order valence-electron chi connectivity index (χ2n) is 9.48. The first kappa shape index (κ1) is 28.1. The summed E-state index contributed by atoms with van der Waals surface area (Å²) < 4.78 is 33.2. The Morgan fingerprint density at radius 2 is 1.54 bits per heavy atom. The molecule has 1 aliphatic heterocycles. The fraction of sp³-hybridized carbons (Fsp3) is 0.296. The van der Waals surface area contributed by atoms with E-state index >= 15 is 0 Å². The second kappa shape index (κ2) is 10.8. The smallest absolute Gasteiger partial charge is 0.339 e. The van der Waals surface area contributed by atoms with Crippen molar-refractivity contribution in [3.8, 4) is 5.75 Å². The third kappa shape index (κ3) is 5.33. The molecule has 0 saturated heterocycles. The zero-order valence-corrected chi connectivity index (χ0v) is 25.1. The first-order valence-corrected chi connectivity index (χ1v) is 15.6. The van der Waals surface area contributed by atoms with Gasteiger partial charge in [-0.05, 0) is 78.0 Å². The number of halogens is 3. The SMILES string of the molecule is O=C(O)CN1C2=C(C(=O)CCC2)C(c2cc(Br)cc(Br)c2OS(=O)(=O)c2ccc(Cl)cc2)C2=C1CCCC2=O. The summed E-state index contributed by atoms with van der Waals surface area (Å²) in [6.07, 6.45) is 2.50. The summed E-state index contributed by atoms with van der Waals surface area (Å²) in [7, 11) is -4.33. The number of hydrogen-bond donors (Lipinski definition) is 1. The molecular formula is C27H22Br2ClNO7S. The van der Waals surface area contributed by atoms with E-state index in [-0.39, 0.29) is 41.6 Å². The van der Waals surface area contributed by atoms with Crippen molar-refractivity contribution in [2.75, 3.05) is 6.54 Å². The maximum atomic E-state index is 13.5. The molecule has 12 heteroatoms. The van der Waals surface area contributed by atoms with E-state index in [1.165, 1.54) is 24.3 Å². The van der Waals surface area contributed by atoms with Gasteiger partial charge in [0.1, 0.15) is 11.4 Å². The van der Waals surface area contributed by atoms with Gasteiger partial charge < -0.3 is 14.2 Å². The Morgan fingerprint density at radius 3 is 2.08 bits per heavy atom. The first-order valence-electron chi connectivity index (χ1n) is 12.2. The van der Waals surface area contributed by atoms with Crippen LogP contribution in [0.1, 0.15) is 50.0 Å². The molecule has 204 valence electrons. The number of benzene rings is 2. The number of hydrogen-bond acceptors (Lipinski definition) is 7. The molecule has 1 heterocycles. The maximum absolute atomic E-state index is 13.5. The third-order valence-corrected chi connectivity index (χ3v) is 9.56. The normalized spacial score (nSPS) is 18.3. The van der Waals surface area contributed by atoms with Crippen LogP contribution in [0.5, 0.6) is 5.75 Å². The van der Waals surface area contributed by atoms with Gasteiger partial charge in [-0.3, -0.25) is 14.4 Å². The summed E-state index contributed by atoms with van der Waals surface area (Å²) in [5, 5.41) is 10.0. The minimum atomic E-state index is -4.33. The predicted octanol–water partition coefficient (Wildman–Crippen LogP) is 6.13. The number of nitrogens with zero attached hydrogens (tertiary/aromatic N) is 1. The molecule has 0 saturated carbocycles. The van der Waals surface area contributed by atoms with Crippen LogP contribution in [0.4, 0.5) is 0 Å². The molecule has 1 N–H and O–H groups in total. The average molecular weight is 700 g/mol. The number of carboxylic acids is 1. The van der Waals surface area contributed by atoms with Crippen LogP contribution in [0.15, 0.2) is 72.8 Å². The summed E-state index contributed by atoms with van der Waals surface area (Å²) in [4.78, 5) is 40.3. The van der Waals surface area contributed by atoms with E-state index < -0.39 is 22.0 Å². The van der Waals surface area contributed by atoms with Gasteiger partial charge in [0.05, 0.1) is 4.47 Å². The molecular weight excluding hydrogens is 678 g/mol. The minimum Gasteiger partial charge on any atom is -0.480 e. The standard InChI is InChI=1S/C27H22Br2ClNO7S/c28-14-11-17(27(18(29)12-14)38-39(36,37)16-9-7-15(30)8-10-16)24-25-19(3-1-5-21(25)32)31(13-23(34)35)20-4-2-6-22(33)26(20)24/h7-12,24H,1-6,13H2,(H,34,35). The summed E-state index contributed by atoms with van der Waals surface area (Å²) >= 11 is 12.8. The first-order chi connectivity index (χ1) is 18.5. The second-order valence-corrected chi connectivity index (χ2v) is 13.2. The summed E-state index contributed by atoms with van der Waals surface area (Å²) in [6, 6.07) is 8.78. The molecule has 0 spiro atoms. The lowest BCUT2D eigenvalue weighted by atomic mass is 9.70. The molecule has 8 nitrogen and oxygen atoms in total. The molecule has 2 aliphatic carbocycles. The zero-order valence-electron chi connectivity index (χ0n) is 20.4. The maximum Gasteiger partial charge on any atom is 0.339 e. The number of ketones is 2. The molecule has 39 heavy (non-hydrogen) atoms. The van der Waals surface area contributed by atoms with Gasteiger partial charge >= 0.3 is 16.1 Å². The highest BCUT2D eigenvalue weighted by Crippen LogP contribution is 2.52. The molecule has 0 radical (unpaired) electrons. The van der Waals surface area contributed by atoms with Crippen LogP contribution in [-0.2, 0) is 24.5 Å². The van der Waals surface area contributed by atoms with Gasteiger partial charge in [0, 0.05) is 56.4 Å². The van der Waals surface area contributed by atoms with Gasteiger partial charge in [-0.1, -0.05) is 27.5 Å². The van der Waals surface area contributed by atoms with Crippen LogP contribution < -0.4 is 4.18 Å². The summed E-state index contributed by atoms with van der Waals surface area (Å²) in [5.41, 5.74) is 2.07. The summed E-state index contributed by atoms with van der Waals surface area (Å²) in [5.74, 6) is -2.45. The summed E-state index contributed by atoms with van der Waals surface area (Å²) in [6.45, 7) is -0.374. The number of carbonyl (C=O) groups is 3. The molecule has 0 amide bonds. The molecule has 0 atom stereocenters. The molecule has 0 fully saturated rings. The van der Waals surface area contributed by atoms with E-state index in [1.54, 1.807) is 17.0 Å². The van der Waals surface area contributed by atoms with E-state index in [9.17, 15) is 27.9 Å². The Hall–Kier alpha value is -2.47. The lowest BCUT2D eigenvalue weighted by Crippen LogP contribution is -2.41.